The summed E-state index contributed by atoms with van der Waals surface area (Å²) in [5, 5.41) is 2.83. The number of hydrogen-bond donors (Lipinski definition) is 1. The highest BCUT2D eigenvalue weighted by molar-refractivity contribution is 6.08. The summed E-state index contributed by atoms with van der Waals surface area (Å²) in [5.41, 5.74) is 2.83. The standard InChI is InChI=1S/C22H21N3O3/c1-15-9-10-20(28-3)18(13-15)24-21(26)16-11-12-23-19(14-16)22(27)25(2)17-7-5-4-6-8-17/h4-14H,1-3H3,(H,24,26). The van der Waals surface area contributed by atoms with E-state index >= 15 is 0 Å². The first-order valence-electron chi connectivity index (χ1n) is 8.74. The van der Waals surface area contributed by atoms with Crippen LogP contribution in [0.2, 0.25) is 0 Å². The number of nitrogens with zero attached hydrogens (tertiary/aromatic N) is 2. The smallest absolute Gasteiger partial charge is 0.276 e. The first kappa shape index (κ1) is 19.1. The van der Waals surface area contributed by atoms with Gasteiger partial charge in [-0.2, -0.15) is 0 Å². The summed E-state index contributed by atoms with van der Waals surface area (Å²) in [6, 6.07) is 17.8. The minimum absolute atomic E-state index is 0.190. The van der Waals surface area contributed by atoms with Crippen molar-refractivity contribution in [3.63, 3.8) is 0 Å². The third kappa shape index (κ3) is 4.17. The van der Waals surface area contributed by atoms with Crippen molar-refractivity contribution in [3.05, 3.63) is 83.7 Å². The van der Waals surface area contributed by atoms with Crippen molar-refractivity contribution >= 4 is 23.2 Å². The van der Waals surface area contributed by atoms with Crippen LogP contribution in [0.25, 0.3) is 0 Å². The lowest BCUT2D eigenvalue weighted by molar-refractivity contribution is 0.0988. The van der Waals surface area contributed by atoms with Gasteiger partial charge in [-0.05, 0) is 48.9 Å². The maximum Gasteiger partial charge on any atom is 0.276 e. The van der Waals surface area contributed by atoms with Crippen LogP contribution in [0.15, 0.2) is 66.9 Å². The van der Waals surface area contributed by atoms with Crippen molar-refractivity contribution in [1.29, 1.82) is 0 Å². The molecule has 2 amide bonds. The topological polar surface area (TPSA) is 71.5 Å². The van der Waals surface area contributed by atoms with Gasteiger partial charge in [0.05, 0.1) is 12.8 Å². The summed E-state index contributed by atoms with van der Waals surface area (Å²) in [6.45, 7) is 1.93. The zero-order chi connectivity index (χ0) is 20.1. The van der Waals surface area contributed by atoms with E-state index in [4.69, 9.17) is 4.74 Å². The summed E-state index contributed by atoms with van der Waals surface area (Å²) in [4.78, 5) is 31.0. The Kier molecular flexibility index (Phi) is 5.69. The van der Waals surface area contributed by atoms with E-state index in [1.165, 1.54) is 17.2 Å². The van der Waals surface area contributed by atoms with E-state index in [9.17, 15) is 9.59 Å². The van der Waals surface area contributed by atoms with Crippen LogP contribution in [-0.2, 0) is 0 Å². The number of carbonyl (C=O) groups is 2. The zero-order valence-electron chi connectivity index (χ0n) is 16.0. The van der Waals surface area contributed by atoms with Crippen LogP contribution in [0, 0.1) is 6.92 Å². The van der Waals surface area contributed by atoms with Gasteiger partial charge in [-0.1, -0.05) is 24.3 Å². The molecule has 142 valence electrons. The molecular weight excluding hydrogens is 354 g/mol. The number of rotatable bonds is 5. The Morgan fingerprint density at radius 3 is 2.50 bits per heavy atom. The molecule has 0 aliphatic carbocycles. The molecule has 0 bridgehead atoms. The first-order chi connectivity index (χ1) is 13.5. The molecule has 0 unspecified atom stereocenters. The minimum Gasteiger partial charge on any atom is -0.495 e. The molecule has 0 aliphatic heterocycles. The fourth-order valence-corrected chi connectivity index (χ4v) is 2.74. The molecule has 1 aromatic heterocycles. The zero-order valence-corrected chi connectivity index (χ0v) is 16.0. The van der Waals surface area contributed by atoms with Crippen LogP contribution in [0.3, 0.4) is 0 Å². The number of benzene rings is 2. The summed E-state index contributed by atoms with van der Waals surface area (Å²) < 4.78 is 5.29. The van der Waals surface area contributed by atoms with Gasteiger partial charge in [0.1, 0.15) is 11.4 Å². The molecular formula is C22H21N3O3. The van der Waals surface area contributed by atoms with Crippen LogP contribution < -0.4 is 15.0 Å². The van der Waals surface area contributed by atoms with E-state index in [1.54, 1.807) is 26.3 Å². The Labute approximate surface area is 163 Å². The monoisotopic (exact) mass is 375 g/mol. The molecule has 0 aliphatic rings. The molecule has 1 heterocycles. The van der Waals surface area contributed by atoms with Crippen LogP contribution in [-0.4, -0.2) is 31.0 Å². The number of aromatic nitrogens is 1. The Bertz CT molecular complexity index is 1000. The first-order valence-corrected chi connectivity index (χ1v) is 8.74. The molecule has 6 nitrogen and oxygen atoms in total. The Balaban J connectivity index is 1.82. The lowest BCUT2D eigenvalue weighted by Gasteiger charge is -2.17. The fourth-order valence-electron chi connectivity index (χ4n) is 2.74. The molecule has 2 aromatic carbocycles. The van der Waals surface area contributed by atoms with E-state index in [-0.39, 0.29) is 17.5 Å². The summed E-state index contributed by atoms with van der Waals surface area (Å²) >= 11 is 0. The second kappa shape index (κ2) is 8.35. The third-order valence-corrected chi connectivity index (χ3v) is 4.29. The number of methoxy groups -OCH3 is 1. The van der Waals surface area contributed by atoms with Gasteiger partial charge >= 0.3 is 0 Å². The number of anilines is 2. The predicted molar refractivity (Wildman–Crippen MR) is 109 cm³/mol. The molecule has 28 heavy (non-hydrogen) atoms. The fraction of sp³-hybridized carbons (Fsp3) is 0.136. The average molecular weight is 375 g/mol. The third-order valence-electron chi connectivity index (χ3n) is 4.29. The van der Waals surface area contributed by atoms with Crippen LogP contribution in [0.1, 0.15) is 26.4 Å². The Morgan fingerprint density at radius 2 is 1.79 bits per heavy atom. The molecule has 3 rings (SSSR count). The van der Waals surface area contributed by atoms with E-state index in [0.717, 1.165) is 11.3 Å². The van der Waals surface area contributed by atoms with Gasteiger partial charge in [-0.15, -0.1) is 0 Å². The van der Waals surface area contributed by atoms with Gasteiger partial charge in [-0.25, -0.2) is 0 Å². The largest absolute Gasteiger partial charge is 0.495 e. The van der Waals surface area contributed by atoms with E-state index in [0.29, 0.717) is 17.0 Å². The number of hydrogen-bond acceptors (Lipinski definition) is 4. The van der Waals surface area contributed by atoms with Crippen molar-refractivity contribution in [1.82, 2.24) is 4.98 Å². The molecule has 0 saturated heterocycles. The quantitative estimate of drug-likeness (QED) is 0.733. The van der Waals surface area contributed by atoms with E-state index in [2.05, 4.69) is 10.3 Å². The summed E-state index contributed by atoms with van der Waals surface area (Å²) in [6.07, 6.45) is 1.45. The van der Waals surface area contributed by atoms with Crippen molar-refractivity contribution < 1.29 is 14.3 Å². The Morgan fingerprint density at radius 1 is 1.04 bits per heavy atom. The summed E-state index contributed by atoms with van der Waals surface area (Å²) in [5.74, 6) is -0.0789. The molecule has 0 fully saturated rings. The lowest BCUT2D eigenvalue weighted by atomic mass is 10.1. The molecule has 6 heteroatoms. The van der Waals surface area contributed by atoms with Crippen LogP contribution >= 0.6 is 0 Å². The number of aryl methyl sites for hydroxylation is 1. The van der Waals surface area contributed by atoms with Crippen molar-refractivity contribution in [2.24, 2.45) is 0 Å². The van der Waals surface area contributed by atoms with Crippen molar-refractivity contribution in [2.75, 3.05) is 24.4 Å². The van der Waals surface area contributed by atoms with Crippen molar-refractivity contribution in [2.45, 2.75) is 6.92 Å². The van der Waals surface area contributed by atoms with Gasteiger partial charge < -0.3 is 15.0 Å². The van der Waals surface area contributed by atoms with Crippen LogP contribution in [0.4, 0.5) is 11.4 Å². The highest BCUT2D eigenvalue weighted by Gasteiger charge is 2.17. The van der Waals surface area contributed by atoms with Gasteiger partial charge in [0.2, 0.25) is 0 Å². The molecule has 3 aromatic rings. The number of amides is 2. The number of ether oxygens (including phenoxy) is 1. The second-order valence-corrected chi connectivity index (χ2v) is 6.29. The van der Waals surface area contributed by atoms with Crippen LogP contribution in [0.5, 0.6) is 5.75 Å². The highest BCUT2D eigenvalue weighted by Crippen LogP contribution is 2.25. The molecule has 0 spiro atoms. The molecule has 1 N–H and O–H groups in total. The van der Waals surface area contributed by atoms with E-state index < -0.39 is 0 Å². The lowest BCUT2D eigenvalue weighted by Crippen LogP contribution is -2.27. The maximum atomic E-state index is 12.7. The average Bonchev–Trinajstić information content (AvgIpc) is 2.73. The SMILES string of the molecule is COc1ccc(C)cc1NC(=O)c1ccnc(C(=O)N(C)c2ccccc2)c1. The normalized spacial score (nSPS) is 10.2. The number of carbonyl (C=O) groups excluding carboxylic acids is 2. The van der Waals surface area contributed by atoms with E-state index in [1.807, 2.05) is 49.4 Å². The van der Waals surface area contributed by atoms with Gasteiger partial charge in [-0.3, -0.25) is 14.6 Å². The highest BCUT2D eigenvalue weighted by atomic mass is 16.5. The molecule has 0 saturated carbocycles. The van der Waals surface area contributed by atoms with Crippen molar-refractivity contribution in [3.8, 4) is 5.75 Å². The minimum atomic E-state index is -0.345. The maximum absolute atomic E-state index is 12.7. The van der Waals surface area contributed by atoms with Gasteiger partial charge in [0.15, 0.2) is 0 Å². The molecule has 0 atom stereocenters. The number of para-hydroxylation sites is 1. The van der Waals surface area contributed by atoms with Gasteiger partial charge in [0, 0.05) is 24.5 Å². The predicted octanol–water partition coefficient (Wildman–Crippen LogP) is 3.93. The summed E-state index contributed by atoms with van der Waals surface area (Å²) in [7, 11) is 3.21. The Hall–Kier alpha value is -3.67. The molecule has 0 radical (unpaired) electrons. The van der Waals surface area contributed by atoms with Gasteiger partial charge in [0.25, 0.3) is 11.8 Å². The number of pyridine rings is 1. The second-order valence-electron chi connectivity index (χ2n) is 6.29. The number of nitrogens with one attached hydrogen (secondary N) is 1.